The largest absolute Gasteiger partial charge is 0.345 e. The van der Waals surface area contributed by atoms with Crippen molar-refractivity contribution in [2.24, 2.45) is 0 Å². The number of benzene rings is 2. The van der Waals surface area contributed by atoms with Gasteiger partial charge >= 0.3 is 0 Å². The molecule has 2 heteroatoms. The van der Waals surface area contributed by atoms with Crippen LogP contribution in [0.25, 0.3) is 0 Å². The standard InChI is InChI=1S/C19H24N2/c1-3-12-21-13-11-16-9-10-19(14-17(16)15-21)20(2)18-7-5-4-6-8-18/h4-10,14H,3,11-13,15H2,1-2H3. The molecule has 0 unspecified atom stereocenters. The highest BCUT2D eigenvalue weighted by molar-refractivity contribution is 5.63. The minimum Gasteiger partial charge on any atom is -0.345 e. The van der Waals surface area contributed by atoms with E-state index in [1.165, 1.54) is 48.4 Å². The third kappa shape index (κ3) is 3.11. The molecule has 0 bridgehead atoms. The normalized spacial score (nSPS) is 14.8. The lowest BCUT2D eigenvalue weighted by molar-refractivity contribution is 0.255. The Morgan fingerprint density at radius 1 is 1.00 bits per heavy atom. The molecule has 0 fully saturated rings. The van der Waals surface area contributed by atoms with E-state index in [1.54, 1.807) is 0 Å². The van der Waals surface area contributed by atoms with Gasteiger partial charge in [-0.2, -0.15) is 0 Å². The molecule has 0 saturated heterocycles. The highest BCUT2D eigenvalue weighted by Crippen LogP contribution is 2.28. The van der Waals surface area contributed by atoms with E-state index in [2.05, 4.69) is 72.3 Å². The third-order valence-corrected chi connectivity index (χ3v) is 4.35. The fraction of sp³-hybridized carbons (Fsp3) is 0.368. The molecular weight excluding hydrogens is 256 g/mol. The SMILES string of the molecule is CCCN1CCc2ccc(N(C)c3ccccc3)cc2C1. The Hall–Kier alpha value is -1.80. The van der Waals surface area contributed by atoms with E-state index in [-0.39, 0.29) is 0 Å². The van der Waals surface area contributed by atoms with Crippen LogP contribution in [0.2, 0.25) is 0 Å². The Labute approximate surface area is 128 Å². The Bertz CT molecular complexity index is 592. The molecule has 110 valence electrons. The highest BCUT2D eigenvalue weighted by Gasteiger charge is 2.16. The number of para-hydroxylation sites is 1. The summed E-state index contributed by atoms with van der Waals surface area (Å²) in [6.45, 7) is 5.77. The van der Waals surface area contributed by atoms with Crippen LogP contribution in [0, 0.1) is 0 Å². The van der Waals surface area contributed by atoms with Crippen molar-refractivity contribution in [2.45, 2.75) is 26.3 Å². The molecule has 1 heterocycles. The summed E-state index contributed by atoms with van der Waals surface area (Å²) in [6, 6.07) is 17.5. The molecule has 2 aromatic carbocycles. The molecular formula is C19H24N2. The van der Waals surface area contributed by atoms with Gasteiger partial charge in [0.05, 0.1) is 0 Å². The molecule has 0 amide bonds. The summed E-state index contributed by atoms with van der Waals surface area (Å²) in [5, 5.41) is 0. The third-order valence-electron chi connectivity index (χ3n) is 4.35. The maximum Gasteiger partial charge on any atom is 0.0411 e. The smallest absolute Gasteiger partial charge is 0.0411 e. The fourth-order valence-electron chi connectivity index (χ4n) is 3.12. The van der Waals surface area contributed by atoms with Crippen LogP contribution in [-0.4, -0.2) is 25.0 Å². The van der Waals surface area contributed by atoms with Gasteiger partial charge in [0.15, 0.2) is 0 Å². The Morgan fingerprint density at radius 2 is 1.81 bits per heavy atom. The first kappa shape index (κ1) is 14.2. The number of hydrogen-bond donors (Lipinski definition) is 0. The van der Waals surface area contributed by atoms with Crippen molar-refractivity contribution in [3.05, 3.63) is 59.7 Å². The average molecular weight is 280 g/mol. The van der Waals surface area contributed by atoms with E-state index in [1.807, 2.05) is 0 Å². The van der Waals surface area contributed by atoms with E-state index in [0.717, 1.165) is 6.54 Å². The molecule has 21 heavy (non-hydrogen) atoms. The van der Waals surface area contributed by atoms with Crippen molar-refractivity contribution in [2.75, 3.05) is 25.0 Å². The number of rotatable bonds is 4. The zero-order chi connectivity index (χ0) is 14.7. The first-order valence-corrected chi connectivity index (χ1v) is 7.91. The number of nitrogens with zero attached hydrogens (tertiary/aromatic N) is 2. The van der Waals surface area contributed by atoms with Crippen molar-refractivity contribution in [3.8, 4) is 0 Å². The minimum absolute atomic E-state index is 1.10. The maximum absolute atomic E-state index is 2.56. The van der Waals surface area contributed by atoms with Crippen molar-refractivity contribution in [1.29, 1.82) is 0 Å². The Kier molecular flexibility index (Phi) is 4.26. The quantitative estimate of drug-likeness (QED) is 0.827. The highest BCUT2D eigenvalue weighted by atomic mass is 15.1. The van der Waals surface area contributed by atoms with E-state index >= 15 is 0 Å². The summed E-state index contributed by atoms with van der Waals surface area (Å²) >= 11 is 0. The molecule has 0 spiro atoms. The fourth-order valence-corrected chi connectivity index (χ4v) is 3.12. The van der Waals surface area contributed by atoms with E-state index in [4.69, 9.17) is 0 Å². The molecule has 2 nitrogen and oxygen atoms in total. The number of fused-ring (bicyclic) bond motifs is 1. The zero-order valence-corrected chi connectivity index (χ0v) is 13.0. The van der Waals surface area contributed by atoms with Crippen LogP contribution in [0.1, 0.15) is 24.5 Å². The molecule has 0 aromatic heterocycles. The average Bonchev–Trinajstić information content (AvgIpc) is 2.54. The zero-order valence-electron chi connectivity index (χ0n) is 13.0. The molecule has 1 aliphatic heterocycles. The molecule has 0 atom stereocenters. The summed E-state index contributed by atoms with van der Waals surface area (Å²) in [4.78, 5) is 4.83. The molecule has 0 radical (unpaired) electrons. The maximum atomic E-state index is 2.56. The lowest BCUT2D eigenvalue weighted by Gasteiger charge is -2.30. The summed E-state index contributed by atoms with van der Waals surface area (Å²) < 4.78 is 0. The summed E-state index contributed by atoms with van der Waals surface area (Å²) in [7, 11) is 2.14. The van der Waals surface area contributed by atoms with Crippen LogP contribution in [-0.2, 0) is 13.0 Å². The molecule has 3 rings (SSSR count). The lowest BCUT2D eigenvalue weighted by Crippen LogP contribution is -2.31. The molecule has 2 aromatic rings. The van der Waals surface area contributed by atoms with Gasteiger partial charge in [-0.1, -0.05) is 31.2 Å². The first-order chi connectivity index (χ1) is 10.3. The van der Waals surface area contributed by atoms with Gasteiger partial charge in [-0.15, -0.1) is 0 Å². The van der Waals surface area contributed by atoms with Gasteiger partial charge in [-0.05, 0) is 54.8 Å². The van der Waals surface area contributed by atoms with Gasteiger partial charge in [0, 0.05) is 31.5 Å². The predicted octanol–water partition coefficient (Wildman–Crippen LogP) is 4.22. The first-order valence-electron chi connectivity index (χ1n) is 7.91. The van der Waals surface area contributed by atoms with Crippen LogP contribution in [0.4, 0.5) is 11.4 Å². The van der Waals surface area contributed by atoms with E-state index in [9.17, 15) is 0 Å². The van der Waals surface area contributed by atoms with E-state index < -0.39 is 0 Å². The van der Waals surface area contributed by atoms with Gasteiger partial charge in [-0.3, -0.25) is 4.90 Å². The van der Waals surface area contributed by atoms with Gasteiger partial charge in [0.25, 0.3) is 0 Å². The van der Waals surface area contributed by atoms with Gasteiger partial charge in [-0.25, -0.2) is 0 Å². The molecule has 0 aliphatic carbocycles. The topological polar surface area (TPSA) is 6.48 Å². The van der Waals surface area contributed by atoms with E-state index in [0.29, 0.717) is 0 Å². The Balaban J connectivity index is 1.84. The summed E-state index contributed by atoms with van der Waals surface area (Å²) in [6.07, 6.45) is 2.42. The van der Waals surface area contributed by atoms with Crippen molar-refractivity contribution >= 4 is 11.4 Å². The van der Waals surface area contributed by atoms with Crippen molar-refractivity contribution in [3.63, 3.8) is 0 Å². The molecule has 0 N–H and O–H groups in total. The second-order valence-electron chi connectivity index (χ2n) is 5.87. The van der Waals surface area contributed by atoms with Crippen LogP contribution in [0.5, 0.6) is 0 Å². The minimum atomic E-state index is 1.10. The predicted molar refractivity (Wildman–Crippen MR) is 90.2 cm³/mol. The second kappa shape index (κ2) is 6.31. The Morgan fingerprint density at radius 3 is 2.57 bits per heavy atom. The van der Waals surface area contributed by atoms with Crippen LogP contribution in [0.3, 0.4) is 0 Å². The lowest BCUT2D eigenvalue weighted by atomic mass is 9.98. The van der Waals surface area contributed by atoms with Crippen LogP contribution < -0.4 is 4.90 Å². The molecule has 0 saturated carbocycles. The van der Waals surface area contributed by atoms with Crippen molar-refractivity contribution < 1.29 is 0 Å². The van der Waals surface area contributed by atoms with Gasteiger partial charge in [0.1, 0.15) is 0 Å². The monoisotopic (exact) mass is 280 g/mol. The molecule has 1 aliphatic rings. The summed E-state index contributed by atoms with van der Waals surface area (Å²) in [5.74, 6) is 0. The number of hydrogen-bond acceptors (Lipinski definition) is 2. The van der Waals surface area contributed by atoms with Crippen LogP contribution in [0.15, 0.2) is 48.5 Å². The van der Waals surface area contributed by atoms with Crippen LogP contribution >= 0.6 is 0 Å². The van der Waals surface area contributed by atoms with Gasteiger partial charge < -0.3 is 4.90 Å². The van der Waals surface area contributed by atoms with Crippen molar-refractivity contribution in [1.82, 2.24) is 4.90 Å². The summed E-state index contributed by atoms with van der Waals surface area (Å²) in [5.41, 5.74) is 5.53. The number of anilines is 2. The second-order valence-corrected chi connectivity index (χ2v) is 5.87. The van der Waals surface area contributed by atoms with Gasteiger partial charge in [0.2, 0.25) is 0 Å².